The monoisotopic (exact) mass is 400 g/mol. The van der Waals surface area contributed by atoms with Gasteiger partial charge in [-0.05, 0) is 24.3 Å². The number of nitrogens with one attached hydrogen (secondary N) is 1. The standard InChI is InChI=1S/C20H17ClN2O5/c1-27-20(26)16-10-23(17-8-3-2-7-15(16)17)11-19(25)28-12-18(24)22-14-6-4-5-13(21)9-14/h2-10H,11-12H2,1H3,(H,22,24). The number of carbonyl (C=O) groups excluding carboxylic acids is 3. The van der Waals surface area contributed by atoms with Gasteiger partial charge in [-0.15, -0.1) is 0 Å². The number of ether oxygens (including phenoxy) is 2. The first kappa shape index (κ1) is 19.4. The molecule has 3 rings (SSSR count). The second-order valence-corrected chi connectivity index (χ2v) is 6.34. The number of fused-ring (bicyclic) bond motifs is 1. The molecule has 1 amide bonds. The van der Waals surface area contributed by atoms with Crippen LogP contribution in [0.1, 0.15) is 10.4 Å². The fourth-order valence-corrected chi connectivity index (χ4v) is 2.93. The number of halogens is 1. The van der Waals surface area contributed by atoms with E-state index in [1.54, 1.807) is 53.1 Å². The minimum atomic E-state index is -0.613. The van der Waals surface area contributed by atoms with E-state index in [9.17, 15) is 14.4 Å². The van der Waals surface area contributed by atoms with Crippen molar-refractivity contribution in [1.82, 2.24) is 4.57 Å². The number of hydrogen-bond donors (Lipinski definition) is 1. The van der Waals surface area contributed by atoms with Crippen LogP contribution < -0.4 is 5.32 Å². The largest absolute Gasteiger partial charge is 0.465 e. The van der Waals surface area contributed by atoms with E-state index in [-0.39, 0.29) is 6.54 Å². The number of rotatable bonds is 6. The molecule has 1 N–H and O–H groups in total. The third kappa shape index (κ3) is 4.50. The number of anilines is 1. The van der Waals surface area contributed by atoms with E-state index in [4.69, 9.17) is 21.1 Å². The van der Waals surface area contributed by atoms with Gasteiger partial charge in [-0.25, -0.2) is 4.79 Å². The van der Waals surface area contributed by atoms with E-state index >= 15 is 0 Å². The molecule has 0 atom stereocenters. The molecule has 28 heavy (non-hydrogen) atoms. The van der Waals surface area contributed by atoms with Crippen LogP contribution in [0, 0.1) is 0 Å². The molecule has 144 valence electrons. The summed E-state index contributed by atoms with van der Waals surface area (Å²) < 4.78 is 11.4. The summed E-state index contributed by atoms with van der Waals surface area (Å²) in [5, 5.41) is 3.74. The van der Waals surface area contributed by atoms with Gasteiger partial charge in [0.05, 0.1) is 12.7 Å². The predicted molar refractivity (Wildman–Crippen MR) is 104 cm³/mol. The van der Waals surface area contributed by atoms with Gasteiger partial charge in [0, 0.05) is 27.8 Å². The zero-order chi connectivity index (χ0) is 20.1. The third-order valence-electron chi connectivity index (χ3n) is 3.97. The summed E-state index contributed by atoms with van der Waals surface area (Å²) in [6.45, 7) is -0.587. The van der Waals surface area contributed by atoms with E-state index in [2.05, 4.69) is 5.32 Å². The van der Waals surface area contributed by atoms with Crippen molar-refractivity contribution in [3.05, 3.63) is 65.3 Å². The van der Waals surface area contributed by atoms with Crippen molar-refractivity contribution >= 4 is 46.0 Å². The van der Waals surface area contributed by atoms with Crippen LogP contribution >= 0.6 is 11.6 Å². The van der Waals surface area contributed by atoms with Crippen LogP contribution in [0.15, 0.2) is 54.7 Å². The Balaban J connectivity index is 1.63. The number of aromatic nitrogens is 1. The van der Waals surface area contributed by atoms with Gasteiger partial charge < -0.3 is 19.4 Å². The van der Waals surface area contributed by atoms with Gasteiger partial charge in [0.2, 0.25) is 0 Å². The van der Waals surface area contributed by atoms with E-state index in [1.165, 1.54) is 13.3 Å². The van der Waals surface area contributed by atoms with Crippen molar-refractivity contribution in [1.29, 1.82) is 0 Å². The molecule has 0 saturated heterocycles. The smallest absolute Gasteiger partial charge is 0.340 e. The van der Waals surface area contributed by atoms with Crippen molar-refractivity contribution in [2.75, 3.05) is 19.0 Å². The zero-order valence-corrected chi connectivity index (χ0v) is 15.7. The van der Waals surface area contributed by atoms with Gasteiger partial charge in [0.15, 0.2) is 6.61 Å². The van der Waals surface area contributed by atoms with Crippen LogP contribution in [0.2, 0.25) is 5.02 Å². The van der Waals surface area contributed by atoms with Gasteiger partial charge in [0.25, 0.3) is 5.91 Å². The normalized spacial score (nSPS) is 10.5. The van der Waals surface area contributed by atoms with Gasteiger partial charge in [0.1, 0.15) is 6.54 Å². The Morgan fingerprint density at radius 3 is 2.64 bits per heavy atom. The Morgan fingerprint density at radius 2 is 1.89 bits per heavy atom. The molecule has 0 saturated carbocycles. The average Bonchev–Trinajstić information content (AvgIpc) is 3.04. The molecule has 0 radical (unpaired) electrons. The van der Waals surface area contributed by atoms with E-state index < -0.39 is 24.5 Å². The molecule has 0 aliphatic carbocycles. The van der Waals surface area contributed by atoms with Crippen LogP contribution in [0.5, 0.6) is 0 Å². The highest BCUT2D eigenvalue weighted by molar-refractivity contribution is 6.30. The maximum atomic E-state index is 12.2. The van der Waals surface area contributed by atoms with Crippen LogP contribution in [-0.4, -0.2) is 36.1 Å². The average molecular weight is 401 g/mol. The second kappa shape index (κ2) is 8.58. The van der Waals surface area contributed by atoms with Gasteiger partial charge in [-0.3, -0.25) is 9.59 Å². The molecule has 3 aromatic rings. The fraction of sp³-hybridized carbons (Fsp3) is 0.150. The minimum Gasteiger partial charge on any atom is -0.465 e. The van der Waals surface area contributed by atoms with Crippen molar-refractivity contribution in [2.24, 2.45) is 0 Å². The summed E-state index contributed by atoms with van der Waals surface area (Å²) in [6.07, 6.45) is 1.53. The molecule has 1 aromatic heterocycles. The van der Waals surface area contributed by atoms with E-state index in [1.807, 2.05) is 0 Å². The number of benzene rings is 2. The molecular weight excluding hydrogens is 384 g/mol. The number of esters is 2. The first-order valence-electron chi connectivity index (χ1n) is 8.35. The molecule has 2 aromatic carbocycles. The maximum Gasteiger partial charge on any atom is 0.340 e. The Morgan fingerprint density at radius 1 is 1.11 bits per heavy atom. The molecular formula is C20H17ClN2O5. The molecule has 0 aliphatic rings. The molecule has 0 fully saturated rings. The Bertz CT molecular complexity index is 1040. The predicted octanol–water partition coefficient (Wildman–Crippen LogP) is 3.26. The quantitative estimate of drug-likeness (QED) is 0.642. The highest BCUT2D eigenvalue weighted by atomic mass is 35.5. The number of hydrogen-bond acceptors (Lipinski definition) is 5. The van der Waals surface area contributed by atoms with Crippen molar-refractivity contribution < 1.29 is 23.9 Å². The molecule has 0 unspecified atom stereocenters. The fourth-order valence-electron chi connectivity index (χ4n) is 2.74. The lowest BCUT2D eigenvalue weighted by atomic mass is 10.2. The van der Waals surface area contributed by atoms with E-state index in [0.29, 0.717) is 27.2 Å². The van der Waals surface area contributed by atoms with Gasteiger partial charge in [-0.1, -0.05) is 35.9 Å². The lowest BCUT2D eigenvalue weighted by Gasteiger charge is -2.08. The van der Waals surface area contributed by atoms with E-state index in [0.717, 1.165) is 0 Å². The summed E-state index contributed by atoms with van der Waals surface area (Å²) in [5.41, 5.74) is 1.54. The topological polar surface area (TPSA) is 86.6 Å². The van der Waals surface area contributed by atoms with Crippen LogP contribution in [0.4, 0.5) is 5.69 Å². The molecule has 0 aliphatic heterocycles. The summed E-state index contributed by atoms with van der Waals surface area (Å²) in [5.74, 6) is -1.59. The van der Waals surface area contributed by atoms with Gasteiger partial charge >= 0.3 is 11.9 Å². The summed E-state index contributed by atoms with van der Waals surface area (Å²) >= 11 is 5.86. The van der Waals surface area contributed by atoms with Crippen molar-refractivity contribution in [2.45, 2.75) is 6.54 Å². The number of nitrogens with zero attached hydrogens (tertiary/aromatic N) is 1. The number of amides is 1. The highest BCUT2D eigenvalue weighted by Crippen LogP contribution is 2.22. The minimum absolute atomic E-state index is 0.151. The summed E-state index contributed by atoms with van der Waals surface area (Å²) in [4.78, 5) is 36.0. The van der Waals surface area contributed by atoms with Crippen LogP contribution in [0.25, 0.3) is 10.9 Å². The molecule has 0 spiro atoms. The zero-order valence-electron chi connectivity index (χ0n) is 15.0. The van der Waals surface area contributed by atoms with Crippen molar-refractivity contribution in [3.63, 3.8) is 0 Å². The Kier molecular flexibility index (Phi) is 5.96. The number of para-hydroxylation sites is 1. The Hall–Kier alpha value is -3.32. The van der Waals surface area contributed by atoms with Gasteiger partial charge in [-0.2, -0.15) is 0 Å². The lowest BCUT2D eigenvalue weighted by molar-refractivity contribution is -0.147. The van der Waals surface area contributed by atoms with Crippen LogP contribution in [-0.2, 0) is 25.6 Å². The van der Waals surface area contributed by atoms with Crippen molar-refractivity contribution in [3.8, 4) is 0 Å². The summed E-state index contributed by atoms with van der Waals surface area (Å²) in [7, 11) is 1.29. The maximum absolute atomic E-state index is 12.2. The van der Waals surface area contributed by atoms with Crippen LogP contribution in [0.3, 0.4) is 0 Å². The molecule has 1 heterocycles. The molecule has 8 heteroatoms. The third-order valence-corrected chi connectivity index (χ3v) is 4.20. The highest BCUT2D eigenvalue weighted by Gasteiger charge is 2.17. The second-order valence-electron chi connectivity index (χ2n) is 5.90. The summed E-state index contributed by atoms with van der Waals surface area (Å²) in [6, 6.07) is 13.8. The lowest BCUT2D eigenvalue weighted by Crippen LogP contribution is -2.22. The first-order valence-corrected chi connectivity index (χ1v) is 8.73. The molecule has 0 bridgehead atoms. The molecule has 7 nitrogen and oxygen atoms in total. The number of carbonyl (C=O) groups is 3. The number of methoxy groups -OCH3 is 1. The Labute approximate surface area is 165 Å². The SMILES string of the molecule is COC(=O)c1cn(CC(=O)OCC(=O)Nc2cccc(Cl)c2)c2ccccc12. The first-order chi connectivity index (χ1) is 13.5.